The van der Waals surface area contributed by atoms with Crippen LogP contribution < -0.4 is 0 Å². The van der Waals surface area contributed by atoms with E-state index in [9.17, 15) is 4.79 Å². The van der Waals surface area contributed by atoms with E-state index in [0.717, 1.165) is 0 Å². The topological polar surface area (TPSA) is 66.9 Å². The molecule has 3 aromatic rings. The highest BCUT2D eigenvalue weighted by Gasteiger charge is 2.16. The number of rotatable bonds is 2. The van der Waals surface area contributed by atoms with E-state index in [0.29, 0.717) is 22.2 Å². The monoisotopic (exact) mass is 248 g/mol. The lowest BCUT2D eigenvalue weighted by atomic mass is 10.1. The summed E-state index contributed by atoms with van der Waals surface area (Å²) in [6, 6.07) is 15.6. The normalized spacial score (nSPS) is 10.3. The Balaban J connectivity index is 2.00. The molecule has 0 aliphatic heterocycles. The van der Waals surface area contributed by atoms with Gasteiger partial charge in [0, 0.05) is 5.56 Å². The first-order valence-electron chi connectivity index (χ1n) is 5.68. The standard InChI is InChI=1S/C15H8N2O2/c16-9-10-5-7-11(8-6-10)14(18)15-17-12-3-1-2-4-13(12)19-15/h1-8H. The maximum absolute atomic E-state index is 12.2. The summed E-state index contributed by atoms with van der Waals surface area (Å²) in [5.41, 5.74) is 2.19. The number of nitrogens with zero attached hydrogens (tertiary/aromatic N) is 2. The Morgan fingerprint density at radius 3 is 2.53 bits per heavy atom. The van der Waals surface area contributed by atoms with Crippen LogP contribution in [0.4, 0.5) is 0 Å². The Morgan fingerprint density at radius 2 is 1.84 bits per heavy atom. The lowest BCUT2D eigenvalue weighted by Crippen LogP contribution is -2.01. The number of nitriles is 1. The second-order valence-electron chi connectivity index (χ2n) is 4.01. The van der Waals surface area contributed by atoms with Crippen LogP contribution in [0.1, 0.15) is 21.8 Å². The van der Waals surface area contributed by atoms with E-state index in [1.54, 1.807) is 36.4 Å². The SMILES string of the molecule is N#Cc1ccc(C(=O)c2nc3ccccc3o2)cc1. The average molecular weight is 248 g/mol. The van der Waals surface area contributed by atoms with Crippen LogP contribution in [0.25, 0.3) is 11.1 Å². The Bertz CT molecular complexity index is 762. The van der Waals surface area contributed by atoms with Crippen LogP contribution in [0.3, 0.4) is 0 Å². The van der Waals surface area contributed by atoms with Crippen LogP contribution in [0.2, 0.25) is 0 Å². The van der Waals surface area contributed by atoms with E-state index in [1.807, 2.05) is 18.2 Å². The summed E-state index contributed by atoms with van der Waals surface area (Å²) in [6.07, 6.45) is 0. The third kappa shape index (κ3) is 1.98. The molecule has 0 fully saturated rings. The Hall–Kier alpha value is -2.93. The number of ketones is 1. The number of para-hydroxylation sites is 2. The van der Waals surface area contributed by atoms with Gasteiger partial charge in [-0.1, -0.05) is 12.1 Å². The fraction of sp³-hybridized carbons (Fsp3) is 0. The van der Waals surface area contributed by atoms with Crippen molar-refractivity contribution < 1.29 is 9.21 Å². The summed E-state index contributed by atoms with van der Waals surface area (Å²) >= 11 is 0. The molecule has 1 aromatic heterocycles. The fourth-order valence-electron chi connectivity index (χ4n) is 1.79. The van der Waals surface area contributed by atoms with Crippen molar-refractivity contribution in [3.8, 4) is 6.07 Å². The van der Waals surface area contributed by atoms with Gasteiger partial charge in [-0.05, 0) is 36.4 Å². The first kappa shape index (κ1) is 11.2. The molecule has 3 rings (SSSR count). The molecule has 0 saturated carbocycles. The zero-order valence-electron chi connectivity index (χ0n) is 9.83. The van der Waals surface area contributed by atoms with Crippen molar-refractivity contribution in [2.45, 2.75) is 0 Å². The molecule has 4 heteroatoms. The summed E-state index contributed by atoms with van der Waals surface area (Å²) in [5, 5.41) is 8.71. The lowest BCUT2D eigenvalue weighted by molar-refractivity contribution is 0.100. The predicted octanol–water partition coefficient (Wildman–Crippen LogP) is 2.93. The van der Waals surface area contributed by atoms with Gasteiger partial charge in [-0.2, -0.15) is 5.26 Å². The number of carbonyl (C=O) groups is 1. The largest absolute Gasteiger partial charge is 0.433 e. The van der Waals surface area contributed by atoms with E-state index >= 15 is 0 Å². The van der Waals surface area contributed by atoms with E-state index in [4.69, 9.17) is 9.68 Å². The minimum absolute atomic E-state index is 0.0610. The first-order chi connectivity index (χ1) is 9.28. The van der Waals surface area contributed by atoms with Crippen molar-refractivity contribution >= 4 is 16.9 Å². The van der Waals surface area contributed by atoms with Crippen molar-refractivity contribution in [2.75, 3.05) is 0 Å². The molecule has 0 radical (unpaired) electrons. The zero-order chi connectivity index (χ0) is 13.2. The van der Waals surface area contributed by atoms with E-state index in [1.165, 1.54) is 0 Å². The van der Waals surface area contributed by atoms with Crippen molar-refractivity contribution in [1.82, 2.24) is 4.98 Å². The van der Waals surface area contributed by atoms with Gasteiger partial charge in [-0.15, -0.1) is 0 Å². The van der Waals surface area contributed by atoms with Crippen molar-refractivity contribution in [3.63, 3.8) is 0 Å². The maximum atomic E-state index is 12.2. The highest BCUT2D eigenvalue weighted by molar-refractivity contribution is 6.06. The molecule has 0 N–H and O–H groups in total. The van der Waals surface area contributed by atoms with E-state index in [2.05, 4.69) is 4.98 Å². The molecule has 0 atom stereocenters. The van der Waals surface area contributed by atoms with Crippen LogP contribution in [-0.2, 0) is 0 Å². The van der Waals surface area contributed by atoms with Gasteiger partial charge in [-0.3, -0.25) is 4.79 Å². The number of aromatic nitrogens is 1. The number of hydrogen-bond donors (Lipinski definition) is 0. The minimum Gasteiger partial charge on any atom is -0.433 e. The fourth-order valence-corrected chi connectivity index (χ4v) is 1.79. The zero-order valence-corrected chi connectivity index (χ0v) is 9.83. The molecular formula is C15H8N2O2. The summed E-state index contributed by atoms with van der Waals surface area (Å²) in [6.45, 7) is 0. The first-order valence-corrected chi connectivity index (χ1v) is 5.68. The molecule has 0 spiro atoms. The number of benzene rings is 2. The van der Waals surface area contributed by atoms with Gasteiger partial charge in [0.25, 0.3) is 5.89 Å². The number of oxazole rings is 1. The van der Waals surface area contributed by atoms with Crippen LogP contribution >= 0.6 is 0 Å². The van der Waals surface area contributed by atoms with Crippen LogP contribution in [0, 0.1) is 11.3 Å². The molecule has 0 aliphatic rings. The van der Waals surface area contributed by atoms with Gasteiger partial charge in [-0.25, -0.2) is 4.98 Å². The third-order valence-corrected chi connectivity index (χ3v) is 2.76. The lowest BCUT2D eigenvalue weighted by Gasteiger charge is -1.95. The quantitative estimate of drug-likeness (QED) is 0.654. The highest BCUT2D eigenvalue weighted by atomic mass is 16.4. The number of hydrogen-bond acceptors (Lipinski definition) is 4. The predicted molar refractivity (Wildman–Crippen MR) is 68.6 cm³/mol. The van der Waals surface area contributed by atoms with Gasteiger partial charge in [0.1, 0.15) is 5.52 Å². The van der Waals surface area contributed by atoms with Crippen molar-refractivity contribution in [1.29, 1.82) is 5.26 Å². The minimum atomic E-state index is -0.291. The third-order valence-electron chi connectivity index (χ3n) is 2.76. The second-order valence-corrected chi connectivity index (χ2v) is 4.01. The van der Waals surface area contributed by atoms with E-state index < -0.39 is 0 Å². The summed E-state index contributed by atoms with van der Waals surface area (Å²) in [4.78, 5) is 16.3. The highest BCUT2D eigenvalue weighted by Crippen LogP contribution is 2.17. The molecule has 0 aliphatic carbocycles. The van der Waals surface area contributed by atoms with E-state index in [-0.39, 0.29) is 11.7 Å². The summed E-state index contributed by atoms with van der Waals surface area (Å²) in [7, 11) is 0. The van der Waals surface area contributed by atoms with Crippen molar-refractivity contribution in [2.24, 2.45) is 0 Å². The Kier molecular flexibility index (Phi) is 2.58. The molecule has 90 valence electrons. The molecule has 0 amide bonds. The Labute approximate surface area is 108 Å². The molecule has 2 aromatic carbocycles. The molecule has 19 heavy (non-hydrogen) atoms. The van der Waals surface area contributed by atoms with Gasteiger partial charge >= 0.3 is 0 Å². The molecule has 0 bridgehead atoms. The molecular weight excluding hydrogens is 240 g/mol. The summed E-state index contributed by atoms with van der Waals surface area (Å²) < 4.78 is 5.42. The van der Waals surface area contributed by atoms with Crippen LogP contribution in [0.15, 0.2) is 52.9 Å². The second kappa shape index (κ2) is 4.39. The van der Waals surface area contributed by atoms with Gasteiger partial charge < -0.3 is 4.42 Å². The maximum Gasteiger partial charge on any atom is 0.269 e. The molecule has 0 unspecified atom stereocenters. The number of fused-ring (bicyclic) bond motifs is 1. The smallest absolute Gasteiger partial charge is 0.269 e. The number of carbonyl (C=O) groups excluding carboxylic acids is 1. The van der Waals surface area contributed by atoms with Crippen LogP contribution in [0.5, 0.6) is 0 Å². The molecule has 1 heterocycles. The van der Waals surface area contributed by atoms with Crippen LogP contribution in [-0.4, -0.2) is 10.8 Å². The van der Waals surface area contributed by atoms with Crippen molar-refractivity contribution in [3.05, 3.63) is 65.5 Å². The Morgan fingerprint density at radius 1 is 1.11 bits per heavy atom. The average Bonchev–Trinajstić information content (AvgIpc) is 2.90. The molecule has 0 saturated heterocycles. The van der Waals surface area contributed by atoms with Gasteiger partial charge in [0.2, 0.25) is 5.78 Å². The summed E-state index contributed by atoms with van der Waals surface area (Å²) in [5.74, 6) is -0.230. The molecule has 4 nitrogen and oxygen atoms in total. The van der Waals surface area contributed by atoms with Gasteiger partial charge in [0.05, 0.1) is 11.6 Å². The van der Waals surface area contributed by atoms with Gasteiger partial charge in [0.15, 0.2) is 5.58 Å².